The Morgan fingerprint density at radius 1 is 1.06 bits per heavy atom. The predicted octanol–water partition coefficient (Wildman–Crippen LogP) is 4.66. The zero-order chi connectivity index (χ0) is 22.1. The van der Waals surface area contributed by atoms with Gasteiger partial charge in [0, 0.05) is 35.1 Å². The molecule has 0 spiro atoms. The lowest BCUT2D eigenvalue weighted by molar-refractivity contribution is 0.133. The second kappa shape index (κ2) is 8.88. The number of benzene rings is 1. The summed E-state index contributed by atoms with van der Waals surface area (Å²) < 4.78 is 6.50. The molecule has 0 bridgehead atoms. The third kappa shape index (κ3) is 4.08. The van der Waals surface area contributed by atoms with Crippen molar-refractivity contribution in [3.8, 4) is 22.5 Å². The molecule has 1 aliphatic carbocycles. The van der Waals surface area contributed by atoms with Crippen molar-refractivity contribution in [3.63, 3.8) is 0 Å². The number of nitrogens with zero attached hydrogens (tertiary/aromatic N) is 4. The van der Waals surface area contributed by atoms with Crippen LogP contribution in [0.15, 0.2) is 58.4 Å². The number of aromatic nitrogens is 1. The third-order valence-corrected chi connectivity index (χ3v) is 6.92. The largest absolute Gasteiger partial charge is 0.459 e. The van der Waals surface area contributed by atoms with Crippen LogP contribution >= 0.6 is 0 Å². The molecule has 0 saturated carbocycles. The van der Waals surface area contributed by atoms with Gasteiger partial charge in [-0.3, -0.25) is 9.88 Å². The Morgan fingerprint density at radius 3 is 2.59 bits per heavy atom. The summed E-state index contributed by atoms with van der Waals surface area (Å²) in [5.41, 5.74) is 6.26. The average Bonchev–Trinajstić information content (AvgIpc) is 3.43. The smallest absolute Gasteiger partial charge is 0.142 e. The zero-order valence-corrected chi connectivity index (χ0v) is 18.8. The number of hydrogen-bond acceptors (Lipinski definition) is 6. The molecule has 0 unspecified atom stereocenters. The highest BCUT2D eigenvalue weighted by molar-refractivity contribution is 6.04. The second-order valence-corrected chi connectivity index (χ2v) is 9.06. The number of hydrogen-bond donors (Lipinski definition) is 1. The van der Waals surface area contributed by atoms with E-state index in [2.05, 4.69) is 58.3 Å². The van der Waals surface area contributed by atoms with Crippen molar-refractivity contribution in [2.24, 2.45) is 5.16 Å². The molecular formula is C26H30N4O2. The summed E-state index contributed by atoms with van der Waals surface area (Å²) in [5, 5.41) is 12.7. The van der Waals surface area contributed by atoms with E-state index in [4.69, 9.17) is 4.42 Å². The molecule has 0 amide bonds. The van der Waals surface area contributed by atoms with Crippen LogP contribution in [0, 0.1) is 0 Å². The summed E-state index contributed by atoms with van der Waals surface area (Å²) >= 11 is 0. The van der Waals surface area contributed by atoms with Crippen LogP contribution < -0.4 is 0 Å². The fourth-order valence-electron chi connectivity index (χ4n) is 5.01. The van der Waals surface area contributed by atoms with E-state index < -0.39 is 0 Å². The van der Waals surface area contributed by atoms with E-state index in [1.807, 2.05) is 24.5 Å². The molecule has 32 heavy (non-hydrogen) atoms. The Hall–Kier alpha value is -2.96. The molecule has 5 rings (SSSR count). The minimum atomic E-state index is 0.584. The topological polar surface area (TPSA) is 65.1 Å². The lowest BCUT2D eigenvalue weighted by Crippen LogP contribution is -2.41. The van der Waals surface area contributed by atoms with Crippen LogP contribution in [0.2, 0.25) is 0 Å². The highest BCUT2D eigenvalue weighted by Gasteiger charge is 2.24. The van der Waals surface area contributed by atoms with Crippen LogP contribution in [-0.2, 0) is 13.0 Å². The van der Waals surface area contributed by atoms with E-state index >= 15 is 0 Å². The van der Waals surface area contributed by atoms with Crippen molar-refractivity contribution in [3.05, 3.63) is 65.7 Å². The van der Waals surface area contributed by atoms with Crippen molar-refractivity contribution in [2.45, 2.75) is 38.3 Å². The van der Waals surface area contributed by atoms with Gasteiger partial charge in [0.25, 0.3) is 0 Å². The van der Waals surface area contributed by atoms with Crippen LogP contribution in [0.25, 0.3) is 22.5 Å². The van der Waals surface area contributed by atoms with E-state index in [-0.39, 0.29) is 0 Å². The Bertz CT molecular complexity index is 1110. The Morgan fingerprint density at radius 2 is 1.84 bits per heavy atom. The lowest BCUT2D eigenvalue weighted by atomic mass is 9.99. The van der Waals surface area contributed by atoms with E-state index in [0.29, 0.717) is 6.04 Å². The van der Waals surface area contributed by atoms with Crippen molar-refractivity contribution >= 4 is 5.71 Å². The van der Waals surface area contributed by atoms with Gasteiger partial charge in [0.1, 0.15) is 11.5 Å². The van der Waals surface area contributed by atoms with E-state index in [0.717, 1.165) is 72.0 Å². The van der Waals surface area contributed by atoms with Crippen molar-refractivity contribution in [1.82, 2.24) is 14.8 Å². The molecule has 1 fully saturated rings. The van der Waals surface area contributed by atoms with Gasteiger partial charge in [0.2, 0.25) is 0 Å². The number of oxime groups is 1. The lowest BCUT2D eigenvalue weighted by Gasteiger charge is -2.34. The molecular weight excluding hydrogens is 400 g/mol. The molecule has 6 heteroatoms. The maximum atomic E-state index is 9.26. The summed E-state index contributed by atoms with van der Waals surface area (Å²) in [6.45, 7) is 3.09. The fourth-order valence-corrected chi connectivity index (χ4v) is 5.01. The summed E-state index contributed by atoms with van der Waals surface area (Å²) in [5.74, 6) is 1.87. The highest BCUT2D eigenvalue weighted by atomic mass is 16.4. The highest BCUT2D eigenvalue weighted by Crippen LogP contribution is 2.37. The molecule has 1 N–H and O–H groups in total. The van der Waals surface area contributed by atoms with Gasteiger partial charge in [-0.25, -0.2) is 0 Å². The Balaban J connectivity index is 1.47. The summed E-state index contributed by atoms with van der Waals surface area (Å²) in [4.78, 5) is 9.01. The van der Waals surface area contributed by atoms with Gasteiger partial charge in [-0.15, -0.1) is 0 Å². The van der Waals surface area contributed by atoms with E-state index in [1.54, 1.807) is 0 Å². The number of likely N-dealkylation sites (tertiary alicyclic amines) is 1. The third-order valence-electron chi connectivity index (χ3n) is 6.92. The Labute approximate surface area is 189 Å². The summed E-state index contributed by atoms with van der Waals surface area (Å²) in [6.07, 6.45) is 7.69. The molecule has 1 aliphatic heterocycles. The number of pyridine rings is 1. The standard InChI is InChI=1S/C26H30N4O2/c1-29-13-9-21(10-14-29)30(2)17-22-16-24(18-7-11-27-12-8-18)26(32-22)20-3-5-23-19(15-20)4-6-25(23)28-31/h3,5,7-8,11-12,15-16,21,31H,4,6,9-10,13-14,17H2,1-2H3. The fraction of sp³-hybridized carbons (Fsp3) is 0.385. The van der Waals surface area contributed by atoms with Crippen LogP contribution in [0.4, 0.5) is 0 Å². The molecule has 0 atom stereocenters. The number of furan rings is 1. The molecule has 6 nitrogen and oxygen atoms in total. The zero-order valence-electron chi connectivity index (χ0n) is 18.8. The molecule has 1 aromatic carbocycles. The van der Waals surface area contributed by atoms with Crippen LogP contribution in [0.1, 0.15) is 36.1 Å². The molecule has 1 saturated heterocycles. The molecule has 2 aromatic heterocycles. The average molecular weight is 431 g/mol. The van der Waals surface area contributed by atoms with Gasteiger partial charge in [0.15, 0.2) is 0 Å². The van der Waals surface area contributed by atoms with Crippen molar-refractivity contribution in [1.29, 1.82) is 0 Å². The van der Waals surface area contributed by atoms with Gasteiger partial charge >= 0.3 is 0 Å². The minimum Gasteiger partial charge on any atom is -0.459 e. The van der Waals surface area contributed by atoms with Gasteiger partial charge < -0.3 is 14.5 Å². The maximum absolute atomic E-state index is 9.26. The summed E-state index contributed by atoms with van der Waals surface area (Å²) in [7, 11) is 4.40. The predicted molar refractivity (Wildman–Crippen MR) is 126 cm³/mol. The molecule has 166 valence electrons. The Kier molecular flexibility index (Phi) is 5.81. The van der Waals surface area contributed by atoms with Gasteiger partial charge in [-0.05, 0) is 88.3 Å². The molecule has 2 aliphatic rings. The van der Waals surface area contributed by atoms with E-state index in [1.165, 1.54) is 18.4 Å². The number of aryl methyl sites for hydroxylation is 1. The summed E-state index contributed by atoms with van der Waals surface area (Å²) in [6, 6.07) is 13.1. The normalized spacial score (nSPS) is 18.5. The van der Waals surface area contributed by atoms with Gasteiger partial charge in [-0.1, -0.05) is 17.3 Å². The van der Waals surface area contributed by atoms with E-state index in [9.17, 15) is 5.21 Å². The quantitative estimate of drug-likeness (QED) is 0.471. The first-order valence-electron chi connectivity index (χ1n) is 11.4. The van der Waals surface area contributed by atoms with Gasteiger partial charge in [-0.2, -0.15) is 0 Å². The van der Waals surface area contributed by atoms with Crippen LogP contribution in [-0.4, -0.2) is 58.9 Å². The number of piperidine rings is 1. The number of fused-ring (bicyclic) bond motifs is 1. The maximum Gasteiger partial charge on any atom is 0.142 e. The molecule has 0 radical (unpaired) electrons. The first-order chi connectivity index (χ1) is 15.6. The van der Waals surface area contributed by atoms with Gasteiger partial charge in [0.05, 0.1) is 12.3 Å². The van der Waals surface area contributed by atoms with Crippen molar-refractivity contribution < 1.29 is 9.62 Å². The monoisotopic (exact) mass is 430 g/mol. The molecule has 3 aromatic rings. The minimum absolute atomic E-state index is 0.584. The van der Waals surface area contributed by atoms with Crippen LogP contribution in [0.5, 0.6) is 0 Å². The first kappa shape index (κ1) is 20.9. The molecule has 3 heterocycles. The first-order valence-corrected chi connectivity index (χ1v) is 11.4. The number of rotatable bonds is 5. The SMILES string of the molecule is CN1CCC(N(C)Cc2cc(-c3ccncc3)c(-c3ccc4c(c3)CCC4=NO)o2)CC1. The van der Waals surface area contributed by atoms with Crippen molar-refractivity contribution in [2.75, 3.05) is 27.2 Å². The van der Waals surface area contributed by atoms with Crippen LogP contribution in [0.3, 0.4) is 0 Å². The second-order valence-electron chi connectivity index (χ2n) is 9.06.